The van der Waals surface area contributed by atoms with E-state index in [9.17, 15) is 31.1 Å². The van der Waals surface area contributed by atoms with Gasteiger partial charge < -0.3 is 4.90 Å². The number of alkyl halides is 6. The fourth-order valence-electron chi connectivity index (χ4n) is 2.42. The van der Waals surface area contributed by atoms with E-state index in [4.69, 9.17) is 0 Å². The molecule has 1 aromatic rings. The third kappa shape index (κ3) is 5.23. The zero-order chi connectivity index (χ0) is 18.1. The van der Waals surface area contributed by atoms with Crippen molar-refractivity contribution in [2.45, 2.75) is 12.4 Å². The molecule has 1 aliphatic rings. The van der Waals surface area contributed by atoms with Crippen LogP contribution < -0.4 is 0 Å². The smallest absolute Gasteiger partial charge is 0.336 e. The number of halogens is 7. The molecular weight excluding hydrogens is 453 g/mol. The van der Waals surface area contributed by atoms with Gasteiger partial charge in [0.15, 0.2) is 0 Å². The molecule has 0 saturated carbocycles. The largest absolute Gasteiger partial charge is 0.416 e. The van der Waals surface area contributed by atoms with Gasteiger partial charge in [0.2, 0.25) is 0 Å². The molecule has 1 amide bonds. The van der Waals surface area contributed by atoms with E-state index in [1.807, 2.05) is 0 Å². The Morgan fingerprint density at radius 3 is 2.08 bits per heavy atom. The minimum Gasteiger partial charge on any atom is -0.336 e. The Balaban J connectivity index is 2.07. The minimum absolute atomic E-state index is 0.0291. The van der Waals surface area contributed by atoms with Crippen LogP contribution in [-0.4, -0.2) is 54.6 Å². The summed E-state index contributed by atoms with van der Waals surface area (Å²) in [7, 11) is 0. The number of hydrogen-bond acceptors (Lipinski definition) is 2. The molecule has 0 bridgehead atoms. The highest BCUT2D eigenvalue weighted by Gasteiger charge is 2.34. The summed E-state index contributed by atoms with van der Waals surface area (Å²) in [6.07, 6.45) is -8.88. The van der Waals surface area contributed by atoms with E-state index in [-0.39, 0.29) is 35.3 Å². The van der Waals surface area contributed by atoms with E-state index in [1.165, 1.54) is 15.9 Å². The fraction of sp³-hybridized carbons (Fsp3) is 0.500. The molecule has 1 aliphatic heterocycles. The molecule has 10 heteroatoms. The molecule has 0 atom stereocenters. The van der Waals surface area contributed by atoms with Crippen LogP contribution >= 0.6 is 22.6 Å². The van der Waals surface area contributed by atoms with Crippen molar-refractivity contribution < 1.29 is 31.1 Å². The molecule has 0 aliphatic carbocycles. The zero-order valence-electron chi connectivity index (χ0n) is 12.2. The normalized spacial score (nSPS) is 17.2. The van der Waals surface area contributed by atoms with Crippen molar-refractivity contribution in [2.75, 3.05) is 32.7 Å². The van der Waals surface area contributed by atoms with Crippen molar-refractivity contribution in [3.63, 3.8) is 0 Å². The molecule has 0 radical (unpaired) electrons. The van der Waals surface area contributed by atoms with Crippen molar-refractivity contribution in [2.24, 2.45) is 0 Å². The maximum atomic E-state index is 12.8. The Morgan fingerprint density at radius 2 is 1.58 bits per heavy atom. The molecule has 1 heterocycles. The molecule has 0 N–H and O–H groups in total. The van der Waals surface area contributed by atoms with Gasteiger partial charge >= 0.3 is 12.4 Å². The van der Waals surface area contributed by atoms with Crippen LogP contribution in [0.3, 0.4) is 0 Å². The number of amides is 1. The van der Waals surface area contributed by atoms with Crippen LogP contribution in [0.2, 0.25) is 0 Å². The number of piperazine rings is 1. The predicted molar refractivity (Wildman–Crippen MR) is 82.6 cm³/mol. The SMILES string of the molecule is O=C(c1cc(I)cc(C(F)(F)F)c1)N1CCN(CC(F)(F)F)CC1. The van der Waals surface area contributed by atoms with E-state index < -0.39 is 30.4 Å². The first-order valence-electron chi connectivity index (χ1n) is 6.92. The average molecular weight is 466 g/mol. The number of carbonyl (C=O) groups is 1. The molecule has 1 saturated heterocycles. The lowest BCUT2D eigenvalue weighted by Crippen LogP contribution is -2.50. The first-order valence-corrected chi connectivity index (χ1v) is 8.00. The van der Waals surface area contributed by atoms with E-state index in [0.717, 1.165) is 12.1 Å². The van der Waals surface area contributed by atoms with Crippen LogP contribution in [0.1, 0.15) is 15.9 Å². The van der Waals surface area contributed by atoms with E-state index >= 15 is 0 Å². The summed E-state index contributed by atoms with van der Waals surface area (Å²) in [5, 5.41) is 0. The highest BCUT2D eigenvalue weighted by Crippen LogP contribution is 2.31. The van der Waals surface area contributed by atoms with Gasteiger partial charge in [0, 0.05) is 35.3 Å². The second kappa shape index (κ2) is 7.06. The van der Waals surface area contributed by atoms with Gasteiger partial charge in [-0.3, -0.25) is 9.69 Å². The molecule has 1 fully saturated rings. The van der Waals surface area contributed by atoms with Crippen molar-refractivity contribution in [1.29, 1.82) is 0 Å². The van der Waals surface area contributed by atoms with Crippen LogP contribution in [0.25, 0.3) is 0 Å². The predicted octanol–water partition coefficient (Wildman–Crippen LogP) is 3.63. The maximum absolute atomic E-state index is 12.8. The maximum Gasteiger partial charge on any atom is 0.416 e. The van der Waals surface area contributed by atoms with E-state index in [1.54, 1.807) is 22.6 Å². The first kappa shape index (κ1) is 19.3. The van der Waals surface area contributed by atoms with Gasteiger partial charge in [0.05, 0.1) is 12.1 Å². The van der Waals surface area contributed by atoms with Crippen LogP contribution in [0.4, 0.5) is 26.3 Å². The van der Waals surface area contributed by atoms with Gasteiger partial charge in [-0.15, -0.1) is 0 Å². The van der Waals surface area contributed by atoms with Crippen LogP contribution in [0.15, 0.2) is 18.2 Å². The fourth-order valence-corrected chi connectivity index (χ4v) is 3.09. The standard InChI is InChI=1S/C14H13F6IN2O/c15-13(16,17)8-22-1-3-23(4-2-22)12(24)9-5-10(14(18,19)20)7-11(21)6-9/h5-7H,1-4,8H2. The summed E-state index contributed by atoms with van der Waals surface area (Å²) in [6.45, 7) is -0.914. The average Bonchev–Trinajstić information content (AvgIpc) is 2.44. The Labute approximate surface area is 147 Å². The highest BCUT2D eigenvalue weighted by molar-refractivity contribution is 14.1. The van der Waals surface area contributed by atoms with Gasteiger partial charge in [-0.05, 0) is 40.8 Å². The van der Waals surface area contributed by atoms with Crippen molar-refractivity contribution in [3.05, 3.63) is 32.9 Å². The van der Waals surface area contributed by atoms with E-state index in [2.05, 4.69) is 0 Å². The summed E-state index contributed by atoms with van der Waals surface area (Å²) in [5.41, 5.74) is -1.04. The summed E-state index contributed by atoms with van der Waals surface area (Å²) in [6, 6.07) is 3.03. The quantitative estimate of drug-likeness (QED) is 0.491. The van der Waals surface area contributed by atoms with Crippen LogP contribution in [0, 0.1) is 3.57 Å². The topological polar surface area (TPSA) is 23.6 Å². The van der Waals surface area contributed by atoms with E-state index in [0.29, 0.717) is 0 Å². The van der Waals surface area contributed by atoms with Gasteiger partial charge in [0.1, 0.15) is 0 Å². The number of benzene rings is 1. The molecule has 2 rings (SSSR count). The number of nitrogens with zero attached hydrogens (tertiary/aromatic N) is 2. The van der Waals surface area contributed by atoms with Crippen LogP contribution in [-0.2, 0) is 6.18 Å². The summed E-state index contributed by atoms with van der Waals surface area (Å²) in [5.74, 6) is -0.606. The summed E-state index contributed by atoms with van der Waals surface area (Å²) in [4.78, 5) is 14.8. The molecule has 134 valence electrons. The third-order valence-corrected chi connectivity index (χ3v) is 4.16. The molecule has 3 nitrogen and oxygen atoms in total. The highest BCUT2D eigenvalue weighted by atomic mass is 127. The second-order valence-electron chi connectivity index (χ2n) is 5.41. The molecule has 0 spiro atoms. The van der Waals surface area contributed by atoms with Gasteiger partial charge in [-0.2, -0.15) is 26.3 Å². The Morgan fingerprint density at radius 1 is 1.00 bits per heavy atom. The number of rotatable bonds is 2. The second-order valence-corrected chi connectivity index (χ2v) is 6.66. The first-order chi connectivity index (χ1) is 11.0. The third-order valence-electron chi connectivity index (χ3n) is 3.53. The lowest BCUT2D eigenvalue weighted by atomic mass is 10.1. The molecular formula is C14H13F6IN2O. The minimum atomic E-state index is -4.57. The van der Waals surface area contributed by atoms with Crippen molar-refractivity contribution in [1.82, 2.24) is 9.80 Å². The van der Waals surface area contributed by atoms with Gasteiger partial charge in [-0.25, -0.2) is 0 Å². The van der Waals surface area contributed by atoms with Gasteiger partial charge in [0.25, 0.3) is 5.91 Å². The Hall–Kier alpha value is -1.04. The zero-order valence-corrected chi connectivity index (χ0v) is 14.4. The molecule has 1 aromatic carbocycles. The molecule has 24 heavy (non-hydrogen) atoms. The van der Waals surface area contributed by atoms with Crippen LogP contribution in [0.5, 0.6) is 0 Å². The molecule has 0 unspecified atom stereocenters. The van der Waals surface area contributed by atoms with Crippen molar-refractivity contribution >= 4 is 28.5 Å². The lowest BCUT2D eigenvalue weighted by molar-refractivity contribution is -0.148. The number of hydrogen-bond donors (Lipinski definition) is 0. The summed E-state index contributed by atoms with van der Waals surface area (Å²) < 4.78 is 75.7. The molecule has 0 aromatic heterocycles. The monoisotopic (exact) mass is 466 g/mol. The van der Waals surface area contributed by atoms with Crippen molar-refractivity contribution in [3.8, 4) is 0 Å². The lowest BCUT2D eigenvalue weighted by Gasteiger charge is -2.35. The summed E-state index contributed by atoms with van der Waals surface area (Å²) >= 11 is 1.69. The Kier molecular flexibility index (Phi) is 5.68. The Bertz CT molecular complexity index is 608. The number of carbonyl (C=O) groups excluding carboxylic acids is 1. The van der Waals surface area contributed by atoms with Gasteiger partial charge in [-0.1, -0.05) is 0 Å².